The molecule has 0 aromatic heterocycles. The molecule has 0 radical (unpaired) electrons. The van der Waals surface area contributed by atoms with Crippen molar-refractivity contribution in [2.75, 3.05) is 6.54 Å². The third kappa shape index (κ3) is 8.72. The van der Waals surface area contributed by atoms with Gasteiger partial charge in [-0.15, -0.1) is 0 Å². The number of hydrogen-bond donors (Lipinski definition) is 7. The monoisotopic (exact) mass is 620 g/mol. The summed E-state index contributed by atoms with van der Waals surface area (Å²) in [5.74, 6) is -1.80. The molecule has 9 N–H and O–H groups in total. The second kappa shape index (κ2) is 15.9. The predicted molar refractivity (Wildman–Crippen MR) is 178 cm³/mol. The van der Waals surface area contributed by atoms with Crippen molar-refractivity contribution in [3.63, 3.8) is 0 Å². The Morgan fingerprint density at radius 3 is 1.67 bits per heavy atom. The highest BCUT2D eigenvalue weighted by Gasteiger charge is 2.39. The molecule has 0 spiro atoms. The van der Waals surface area contributed by atoms with Gasteiger partial charge in [0.2, 0.25) is 17.7 Å². The molecule has 0 saturated carbocycles. The number of guanidine groups is 1. The minimum atomic E-state index is -1.05. The van der Waals surface area contributed by atoms with Crippen molar-refractivity contribution in [3.8, 4) is 5.75 Å². The lowest BCUT2D eigenvalue weighted by Crippen LogP contribution is -2.54. The zero-order valence-corrected chi connectivity index (χ0v) is 25.5. The fourth-order valence-electron chi connectivity index (χ4n) is 5.62. The number of nitrogens with one attached hydrogen (secondary N) is 4. The first kappa shape index (κ1) is 33.3. The van der Waals surface area contributed by atoms with Crippen LogP contribution in [0.1, 0.15) is 41.5 Å². The van der Waals surface area contributed by atoms with Crippen molar-refractivity contribution in [2.24, 2.45) is 11.5 Å². The van der Waals surface area contributed by atoms with Crippen LogP contribution in [-0.4, -0.2) is 47.4 Å². The molecule has 0 saturated heterocycles. The standard InChI is InChI=1S/C36H40N6O4/c37-33(45)31(23-25-18-20-29(43)21-19-25)42-34(46)30(17-10-22-40-35(38)39)41-32(44)24-36(26-11-4-1-5-12-26,27-13-6-2-7-14-27)28-15-8-3-9-16-28/h1-9,11-16,18-21,30-31,43H,10,17,22-24H2,(H2,37,45)(H,41,44)(H,42,46)(H4,38,39,40)/t30-,31+/m1/s1. The molecule has 10 nitrogen and oxygen atoms in total. The first-order chi connectivity index (χ1) is 22.2. The molecule has 10 heteroatoms. The van der Waals surface area contributed by atoms with Crippen molar-refractivity contribution in [1.29, 1.82) is 5.41 Å². The fraction of sp³-hybridized carbons (Fsp3) is 0.222. The Hall–Kier alpha value is -5.64. The maximum Gasteiger partial charge on any atom is 0.243 e. The van der Waals surface area contributed by atoms with Crippen molar-refractivity contribution < 1.29 is 19.5 Å². The van der Waals surface area contributed by atoms with Crippen LogP contribution in [-0.2, 0) is 26.2 Å². The Morgan fingerprint density at radius 1 is 0.717 bits per heavy atom. The SMILES string of the molecule is N=C(N)NCCC[C@@H](NC(=O)CC(c1ccccc1)(c1ccccc1)c1ccccc1)C(=O)N[C@@H](Cc1ccc(O)cc1)C(N)=O. The van der Waals surface area contributed by atoms with E-state index in [0.717, 1.165) is 16.7 Å². The van der Waals surface area contributed by atoms with Gasteiger partial charge in [0.05, 0.1) is 5.41 Å². The quantitative estimate of drug-likeness (QED) is 0.0464. The Balaban J connectivity index is 1.63. The molecular weight excluding hydrogens is 580 g/mol. The third-order valence-corrected chi connectivity index (χ3v) is 7.90. The van der Waals surface area contributed by atoms with Crippen LogP contribution in [0.25, 0.3) is 0 Å². The highest BCUT2D eigenvalue weighted by Crippen LogP contribution is 2.42. The smallest absolute Gasteiger partial charge is 0.243 e. The third-order valence-electron chi connectivity index (χ3n) is 7.90. The first-order valence-electron chi connectivity index (χ1n) is 15.1. The summed E-state index contributed by atoms with van der Waals surface area (Å²) in [6.45, 7) is 0.309. The first-order valence-corrected chi connectivity index (χ1v) is 15.1. The van der Waals surface area contributed by atoms with Gasteiger partial charge >= 0.3 is 0 Å². The normalized spacial score (nSPS) is 12.3. The van der Waals surface area contributed by atoms with E-state index in [1.807, 2.05) is 91.0 Å². The van der Waals surface area contributed by atoms with E-state index in [0.29, 0.717) is 18.5 Å². The number of nitrogens with two attached hydrogens (primary N) is 2. The predicted octanol–water partition coefficient (Wildman–Crippen LogP) is 3.08. The van der Waals surface area contributed by atoms with Crippen LogP contribution >= 0.6 is 0 Å². The molecule has 4 aromatic rings. The van der Waals surface area contributed by atoms with Crippen LogP contribution in [0, 0.1) is 5.41 Å². The number of aromatic hydroxyl groups is 1. The molecule has 46 heavy (non-hydrogen) atoms. The molecule has 0 aliphatic rings. The Labute approximate surface area is 268 Å². The van der Waals surface area contributed by atoms with Gasteiger partial charge in [-0.1, -0.05) is 103 Å². The molecule has 0 unspecified atom stereocenters. The van der Waals surface area contributed by atoms with Gasteiger partial charge < -0.3 is 32.5 Å². The summed E-state index contributed by atoms with van der Waals surface area (Å²) in [7, 11) is 0. The van der Waals surface area contributed by atoms with Crippen molar-refractivity contribution in [1.82, 2.24) is 16.0 Å². The van der Waals surface area contributed by atoms with E-state index < -0.39 is 29.3 Å². The molecule has 0 bridgehead atoms. The number of carbonyl (C=O) groups is 3. The number of phenols is 1. The number of rotatable bonds is 15. The lowest BCUT2D eigenvalue weighted by Gasteiger charge is -2.36. The summed E-state index contributed by atoms with van der Waals surface area (Å²) < 4.78 is 0. The zero-order chi connectivity index (χ0) is 32.9. The molecule has 4 aromatic carbocycles. The topological polar surface area (TPSA) is 183 Å². The summed E-state index contributed by atoms with van der Waals surface area (Å²) >= 11 is 0. The van der Waals surface area contributed by atoms with Crippen LogP contribution in [0.15, 0.2) is 115 Å². The summed E-state index contributed by atoms with van der Waals surface area (Å²) in [4.78, 5) is 40.1. The van der Waals surface area contributed by atoms with Gasteiger partial charge in [-0.2, -0.15) is 0 Å². The van der Waals surface area contributed by atoms with Crippen molar-refractivity contribution >= 4 is 23.7 Å². The number of phenolic OH excluding ortho intramolecular Hbond substituents is 1. The van der Waals surface area contributed by atoms with Gasteiger partial charge in [-0.05, 0) is 47.2 Å². The van der Waals surface area contributed by atoms with E-state index in [4.69, 9.17) is 16.9 Å². The van der Waals surface area contributed by atoms with Crippen LogP contribution in [0.4, 0.5) is 0 Å². The van der Waals surface area contributed by atoms with Gasteiger partial charge in [-0.3, -0.25) is 19.8 Å². The van der Waals surface area contributed by atoms with E-state index in [1.54, 1.807) is 12.1 Å². The van der Waals surface area contributed by atoms with Crippen LogP contribution in [0.3, 0.4) is 0 Å². The lowest BCUT2D eigenvalue weighted by molar-refractivity contribution is -0.131. The molecule has 3 amide bonds. The Morgan fingerprint density at radius 2 is 1.22 bits per heavy atom. The molecule has 0 heterocycles. The lowest BCUT2D eigenvalue weighted by atomic mass is 9.67. The van der Waals surface area contributed by atoms with E-state index in [-0.39, 0.29) is 36.9 Å². The number of benzene rings is 4. The zero-order valence-electron chi connectivity index (χ0n) is 25.5. The van der Waals surface area contributed by atoms with Gasteiger partial charge in [0.15, 0.2) is 5.96 Å². The average molecular weight is 621 g/mol. The summed E-state index contributed by atoms with van der Waals surface area (Å²) in [6, 6.07) is 33.5. The molecule has 238 valence electrons. The summed E-state index contributed by atoms with van der Waals surface area (Å²) in [6.07, 6.45) is 0.705. The van der Waals surface area contributed by atoms with Gasteiger partial charge in [-0.25, -0.2) is 0 Å². The second-order valence-electron chi connectivity index (χ2n) is 11.1. The maximum atomic E-state index is 14.1. The number of amides is 3. The van der Waals surface area contributed by atoms with Crippen molar-refractivity contribution in [2.45, 2.75) is 43.2 Å². The van der Waals surface area contributed by atoms with Gasteiger partial charge in [0.1, 0.15) is 17.8 Å². The Kier molecular flexibility index (Phi) is 11.5. The van der Waals surface area contributed by atoms with E-state index in [9.17, 15) is 19.5 Å². The molecule has 4 rings (SSSR count). The molecule has 0 fully saturated rings. The van der Waals surface area contributed by atoms with E-state index in [2.05, 4.69) is 16.0 Å². The fourth-order valence-corrected chi connectivity index (χ4v) is 5.62. The minimum absolute atomic E-state index is 0.00667. The molecular formula is C36H40N6O4. The van der Waals surface area contributed by atoms with Crippen molar-refractivity contribution in [3.05, 3.63) is 138 Å². The number of primary amides is 1. The highest BCUT2D eigenvalue weighted by molar-refractivity contribution is 5.92. The molecule has 0 aliphatic carbocycles. The Bertz CT molecular complexity index is 1500. The second-order valence-corrected chi connectivity index (χ2v) is 11.1. The molecule has 2 atom stereocenters. The van der Waals surface area contributed by atoms with Crippen LogP contribution in [0.2, 0.25) is 0 Å². The minimum Gasteiger partial charge on any atom is -0.508 e. The van der Waals surface area contributed by atoms with Gasteiger partial charge in [0, 0.05) is 19.4 Å². The molecule has 0 aliphatic heterocycles. The maximum absolute atomic E-state index is 14.1. The number of hydrogen-bond acceptors (Lipinski definition) is 5. The largest absolute Gasteiger partial charge is 0.508 e. The highest BCUT2D eigenvalue weighted by atomic mass is 16.3. The number of carbonyl (C=O) groups excluding carboxylic acids is 3. The average Bonchev–Trinajstić information content (AvgIpc) is 3.06. The van der Waals surface area contributed by atoms with E-state index in [1.165, 1.54) is 12.1 Å². The van der Waals surface area contributed by atoms with Gasteiger partial charge in [0.25, 0.3) is 0 Å². The van der Waals surface area contributed by atoms with Crippen LogP contribution in [0.5, 0.6) is 5.75 Å². The van der Waals surface area contributed by atoms with Crippen LogP contribution < -0.4 is 27.4 Å². The van der Waals surface area contributed by atoms with E-state index >= 15 is 0 Å². The summed E-state index contributed by atoms with van der Waals surface area (Å²) in [5.41, 5.74) is 13.6. The summed E-state index contributed by atoms with van der Waals surface area (Å²) in [5, 5.41) is 25.4.